The Morgan fingerprint density at radius 2 is 2.12 bits per heavy atom. The van der Waals surface area contributed by atoms with Crippen LogP contribution in [0.1, 0.15) is 0 Å². The number of ether oxygens (including phenoxy) is 1. The van der Waals surface area contributed by atoms with Crippen molar-refractivity contribution in [2.75, 3.05) is 0 Å². The summed E-state index contributed by atoms with van der Waals surface area (Å²) in [6, 6.07) is 4.40. The molecule has 0 spiro atoms. The van der Waals surface area contributed by atoms with Crippen LogP contribution in [0.3, 0.4) is 0 Å². The van der Waals surface area contributed by atoms with Crippen LogP contribution in [0.5, 0.6) is 10.9 Å². The molecule has 1 heterocycles. The van der Waals surface area contributed by atoms with Gasteiger partial charge in [-0.15, -0.1) is 0 Å². The summed E-state index contributed by atoms with van der Waals surface area (Å²) in [4.78, 5) is 14.2. The zero-order chi connectivity index (χ0) is 12.4. The van der Waals surface area contributed by atoms with E-state index in [4.69, 9.17) is 4.74 Å². The Kier molecular flexibility index (Phi) is 3.75. The first kappa shape index (κ1) is 12.5. The van der Waals surface area contributed by atoms with Crippen LogP contribution in [-0.2, 0) is 0 Å². The number of thiazole rings is 1. The number of hydrogen-bond donors (Lipinski definition) is 0. The molecule has 0 saturated carbocycles. The van der Waals surface area contributed by atoms with Gasteiger partial charge < -0.3 is 4.74 Å². The maximum atomic E-state index is 10.7. The second kappa shape index (κ2) is 5.11. The van der Waals surface area contributed by atoms with E-state index in [0.717, 1.165) is 0 Å². The van der Waals surface area contributed by atoms with E-state index in [1.54, 1.807) is 11.4 Å². The lowest BCUT2D eigenvalue weighted by atomic mass is 10.3. The monoisotopic (exact) mass is 378 g/mol. The molecule has 0 N–H and O–H groups in total. The number of nitro benzene ring substituents is 1. The van der Waals surface area contributed by atoms with Crippen LogP contribution in [0.2, 0.25) is 0 Å². The maximum absolute atomic E-state index is 10.7. The molecule has 1 aromatic heterocycles. The Hall–Kier alpha value is -0.990. The van der Waals surface area contributed by atoms with E-state index in [-0.39, 0.29) is 5.69 Å². The van der Waals surface area contributed by atoms with Gasteiger partial charge in [0, 0.05) is 15.9 Å². The summed E-state index contributed by atoms with van der Waals surface area (Å²) in [6.07, 6.45) is 0. The summed E-state index contributed by atoms with van der Waals surface area (Å²) in [7, 11) is 0. The SMILES string of the molecule is O=[N+]([O-])c1cc(Br)cc(Oc2nc(Br)cs2)c1. The number of nitro groups is 1. The van der Waals surface area contributed by atoms with Crippen molar-refractivity contribution in [1.82, 2.24) is 4.98 Å². The third-order valence-electron chi connectivity index (χ3n) is 1.73. The summed E-state index contributed by atoms with van der Waals surface area (Å²) in [5, 5.41) is 12.9. The fourth-order valence-electron chi connectivity index (χ4n) is 1.10. The predicted molar refractivity (Wildman–Crippen MR) is 70.7 cm³/mol. The Morgan fingerprint density at radius 3 is 2.71 bits per heavy atom. The largest absolute Gasteiger partial charge is 0.431 e. The molecule has 8 heteroatoms. The Bertz CT molecular complexity index is 573. The molecule has 5 nitrogen and oxygen atoms in total. The van der Waals surface area contributed by atoms with Crippen LogP contribution in [-0.4, -0.2) is 9.91 Å². The molecule has 0 aliphatic carbocycles. The molecule has 88 valence electrons. The van der Waals surface area contributed by atoms with Gasteiger partial charge in [-0.05, 0) is 22.0 Å². The Morgan fingerprint density at radius 1 is 1.35 bits per heavy atom. The highest BCUT2D eigenvalue weighted by molar-refractivity contribution is 9.10. The van der Waals surface area contributed by atoms with Gasteiger partial charge in [0.1, 0.15) is 10.4 Å². The number of rotatable bonds is 3. The van der Waals surface area contributed by atoms with E-state index < -0.39 is 4.92 Å². The van der Waals surface area contributed by atoms with Gasteiger partial charge in [-0.25, -0.2) is 0 Å². The topological polar surface area (TPSA) is 65.3 Å². The average Bonchev–Trinajstić information content (AvgIpc) is 2.63. The van der Waals surface area contributed by atoms with Crippen molar-refractivity contribution >= 4 is 48.9 Å². The maximum Gasteiger partial charge on any atom is 0.279 e. The van der Waals surface area contributed by atoms with Gasteiger partial charge in [0.25, 0.3) is 10.9 Å². The molecule has 0 fully saturated rings. The van der Waals surface area contributed by atoms with Crippen LogP contribution >= 0.6 is 43.2 Å². The molecule has 0 amide bonds. The van der Waals surface area contributed by atoms with Crippen LogP contribution < -0.4 is 4.74 Å². The molecule has 0 aliphatic heterocycles. The highest BCUT2D eigenvalue weighted by atomic mass is 79.9. The normalized spacial score (nSPS) is 10.2. The smallest absolute Gasteiger partial charge is 0.279 e. The second-order valence-electron chi connectivity index (χ2n) is 2.94. The Labute approximate surface area is 117 Å². The van der Waals surface area contributed by atoms with Gasteiger partial charge in [0.2, 0.25) is 0 Å². The summed E-state index contributed by atoms with van der Waals surface area (Å²) < 4.78 is 6.66. The third kappa shape index (κ3) is 3.24. The molecule has 0 atom stereocenters. The highest BCUT2D eigenvalue weighted by Crippen LogP contribution is 2.31. The van der Waals surface area contributed by atoms with Gasteiger partial charge in [-0.1, -0.05) is 27.3 Å². The number of non-ortho nitro benzene ring substituents is 1. The van der Waals surface area contributed by atoms with E-state index in [2.05, 4.69) is 36.8 Å². The molecule has 0 aliphatic rings. The standard InChI is InChI=1S/C9H4Br2N2O3S/c10-5-1-6(13(14)15)3-7(2-5)16-9-12-8(11)4-17-9/h1-4H. The fraction of sp³-hybridized carbons (Fsp3) is 0. The molecule has 0 unspecified atom stereocenters. The summed E-state index contributed by atoms with van der Waals surface area (Å²) in [5.41, 5.74) is -0.0370. The van der Waals surface area contributed by atoms with Gasteiger partial charge >= 0.3 is 0 Å². The van der Waals surface area contributed by atoms with Crippen molar-refractivity contribution < 1.29 is 9.66 Å². The number of hydrogen-bond acceptors (Lipinski definition) is 5. The van der Waals surface area contributed by atoms with Gasteiger partial charge in [0.05, 0.1) is 11.0 Å². The molecular formula is C9H4Br2N2O3S. The van der Waals surface area contributed by atoms with Crippen molar-refractivity contribution in [3.05, 3.63) is 42.8 Å². The highest BCUT2D eigenvalue weighted by Gasteiger charge is 2.11. The minimum Gasteiger partial charge on any atom is -0.431 e. The van der Waals surface area contributed by atoms with Crippen molar-refractivity contribution in [2.24, 2.45) is 0 Å². The zero-order valence-electron chi connectivity index (χ0n) is 8.09. The molecule has 0 radical (unpaired) electrons. The predicted octanol–water partition coefficient (Wildman–Crippen LogP) is 4.37. The average molecular weight is 380 g/mol. The molecule has 0 saturated heterocycles. The summed E-state index contributed by atoms with van der Waals surface area (Å²) >= 11 is 7.69. The van der Waals surface area contributed by atoms with Crippen LogP contribution in [0, 0.1) is 10.1 Å². The Balaban J connectivity index is 2.29. The number of halogens is 2. The van der Waals surface area contributed by atoms with E-state index in [1.807, 2.05) is 0 Å². The van der Waals surface area contributed by atoms with Gasteiger partial charge in [-0.2, -0.15) is 4.98 Å². The van der Waals surface area contributed by atoms with E-state index in [1.165, 1.54) is 23.5 Å². The van der Waals surface area contributed by atoms with E-state index in [0.29, 0.717) is 20.0 Å². The summed E-state index contributed by atoms with van der Waals surface area (Å²) in [5.74, 6) is 0.368. The number of benzene rings is 1. The lowest BCUT2D eigenvalue weighted by molar-refractivity contribution is -0.385. The van der Waals surface area contributed by atoms with Crippen LogP contribution in [0.25, 0.3) is 0 Å². The number of aromatic nitrogens is 1. The minimum absolute atomic E-state index is 0.0370. The summed E-state index contributed by atoms with van der Waals surface area (Å²) in [6.45, 7) is 0. The van der Waals surface area contributed by atoms with Crippen LogP contribution in [0.4, 0.5) is 5.69 Å². The minimum atomic E-state index is -0.477. The number of nitrogens with zero attached hydrogens (tertiary/aromatic N) is 2. The zero-order valence-corrected chi connectivity index (χ0v) is 12.1. The molecule has 2 rings (SSSR count). The second-order valence-corrected chi connectivity index (χ2v) is 5.49. The van der Waals surface area contributed by atoms with Crippen molar-refractivity contribution in [3.63, 3.8) is 0 Å². The van der Waals surface area contributed by atoms with Crippen molar-refractivity contribution in [1.29, 1.82) is 0 Å². The first-order chi connectivity index (χ1) is 8.04. The van der Waals surface area contributed by atoms with E-state index >= 15 is 0 Å². The lowest BCUT2D eigenvalue weighted by Gasteiger charge is -2.02. The first-order valence-corrected chi connectivity index (χ1v) is 6.75. The third-order valence-corrected chi connectivity index (χ3v) is 3.61. The van der Waals surface area contributed by atoms with Gasteiger partial charge in [-0.3, -0.25) is 10.1 Å². The quantitative estimate of drug-likeness (QED) is 0.586. The lowest BCUT2D eigenvalue weighted by Crippen LogP contribution is -1.90. The van der Waals surface area contributed by atoms with Crippen molar-refractivity contribution in [2.45, 2.75) is 0 Å². The van der Waals surface area contributed by atoms with E-state index in [9.17, 15) is 10.1 Å². The molecule has 1 aromatic carbocycles. The molecular weight excluding hydrogens is 376 g/mol. The van der Waals surface area contributed by atoms with Crippen molar-refractivity contribution in [3.8, 4) is 10.9 Å². The molecule has 0 bridgehead atoms. The molecule has 17 heavy (non-hydrogen) atoms. The molecule has 2 aromatic rings. The van der Waals surface area contributed by atoms with Gasteiger partial charge in [0.15, 0.2) is 0 Å². The fourth-order valence-corrected chi connectivity index (χ4v) is 2.66. The first-order valence-electron chi connectivity index (χ1n) is 4.28. The van der Waals surface area contributed by atoms with Crippen LogP contribution in [0.15, 0.2) is 32.7 Å².